The maximum absolute atomic E-state index is 12.6. The first kappa shape index (κ1) is 20.2. The number of halogens is 1. The Morgan fingerprint density at radius 1 is 1.32 bits per heavy atom. The highest BCUT2D eigenvalue weighted by atomic mass is 35.5. The predicted molar refractivity (Wildman–Crippen MR) is 102 cm³/mol. The summed E-state index contributed by atoms with van der Waals surface area (Å²) in [7, 11) is 6.19. The van der Waals surface area contributed by atoms with Crippen LogP contribution < -0.4 is 5.32 Å². The lowest BCUT2D eigenvalue weighted by atomic mass is 9.91. The Bertz CT molecular complexity index is 560. The van der Waals surface area contributed by atoms with E-state index in [0.717, 1.165) is 58.4 Å². The summed E-state index contributed by atoms with van der Waals surface area (Å²) in [6.07, 6.45) is 4.23. The zero-order valence-electron chi connectivity index (χ0n) is 15.7. The van der Waals surface area contributed by atoms with Crippen molar-refractivity contribution in [3.8, 4) is 0 Å². The topological polar surface area (TPSA) is 53.4 Å². The molecule has 1 amide bonds. The molecule has 0 bridgehead atoms. The van der Waals surface area contributed by atoms with E-state index in [1.165, 1.54) is 11.4 Å². The highest BCUT2D eigenvalue weighted by Crippen LogP contribution is 2.29. The number of aromatic nitrogens is 2. The number of nitrogens with zero attached hydrogens (tertiary/aromatic N) is 4. The van der Waals surface area contributed by atoms with Crippen LogP contribution in [0.25, 0.3) is 0 Å². The molecule has 0 aliphatic carbocycles. The Morgan fingerprint density at radius 3 is 2.64 bits per heavy atom. The van der Waals surface area contributed by atoms with Crippen molar-refractivity contribution in [3.05, 3.63) is 17.5 Å². The van der Waals surface area contributed by atoms with E-state index < -0.39 is 0 Å². The maximum atomic E-state index is 12.6. The van der Waals surface area contributed by atoms with Gasteiger partial charge >= 0.3 is 0 Å². The molecule has 0 aromatic carbocycles. The number of hydrogen-bond donors (Lipinski definition) is 1. The van der Waals surface area contributed by atoms with Gasteiger partial charge in [0, 0.05) is 39.1 Å². The van der Waals surface area contributed by atoms with Crippen molar-refractivity contribution in [1.29, 1.82) is 0 Å². The molecule has 0 saturated carbocycles. The molecule has 2 saturated heterocycles. The van der Waals surface area contributed by atoms with Crippen LogP contribution in [0.5, 0.6) is 0 Å². The fraction of sp³-hybridized carbons (Fsp3) is 0.778. The quantitative estimate of drug-likeness (QED) is 0.876. The molecule has 3 rings (SSSR count). The number of carbonyl (C=O) groups is 1. The van der Waals surface area contributed by atoms with Gasteiger partial charge in [-0.05, 0) is 52.4 Å². The first-order valence-corrected chi connectivity index (χ1v) is 9.21. The monoisotopic (exact) mass is 369 g/mol. The van der Waals surface area contributed by atoms with Crippen molar-refractivity contribution in [1.82, 2.24) is 24.9 Å². The van der Waals surface area contributed by atoms with Crippen LogP contribution in [-0.2, 0) is 18.4 Å². The van der Waals surface area contributed by atoms with Crippen LogP contribution in [0.4, 0.5) is 0 Å². The first-order valence-electron chi connectivity index (χ1n) is 9.21. The Balaban J connectivity index is 0.00000225. The lowest BCUT2D eigenvalue weighted by Gasteiger charge is -2.34. The van der Waals surface area contributed by atoms with Crippen molar-refractivity contribution in [2.75, 3.05) is 40.3 Å². The molecule has 25 heavy (non-hydrogen) atoms. The van der Waals surface area contributed by atoms with Gasteiger partial charge in [0.05, 0.1) is 17.3 Å². The highest BCUT2D eigenvalue weighted by molar-refractivity contribution is 5.85. The number of rotatable bonds is 4. The summed E-state index contributed by atoms with van der Waals surface area (Å²) in [6.45, 7) is 4.57. The minimum Gasteiger partial charge on any atom is -0.342 e. The van der Waals surface area contributed by atoms with Crippen LogP contribution >= 0.6 is 12.4 Å². The molecule has 1 aromatic rings. The first-order chi connectivity index (χ1) is 11.5. The molecule has 142 valence electrons. The van der Waals surface area contributed by atoms with Gasteiger partial charge in [-0.3, -0.25) is 9.48 Å². The zero-order chi connectivity index (χ0) is 17.1. The van der Waals surface area contributed by atoms with E-state index in [-0.39, 0.29) is 18.3 Å². The number of piperidine rings is 2. The van der Waals surface area contributed by atoms with Gasteiger partial charge in [-0.2, -0.15) is 5.10 Å². The second kappa shape index (κ2) is 9.01. The van der Waals surface area contributed by atoms with E-state index in [0.29, 0.717) is 11.8 Å². The normalized spacial score (nSPS) is 22.1. The van der Waals surface area contributed by atoms with Crippen molar-refractivity contribution in [2.24, 2.45) is 13.0 Å². The van der Waals surface area contributed by atoms with Crippen LogP contribution in [-0.4, -0.2) is 65.8 Å². The maximum Gasteiger partial charge on any atom is 0.226 e. The number of hydrogen-bond acceptors (Lipinski definition) is 4. The number of aryl methyl sites for hydroxylation is 1. The summed E-state index contributed by atoms with van der Waals surface area (Å²) >= 11 is 0. The van der Waals surface area contributed by atoms with Crippen LogP contribution in [0.15, 0.2) is 6.07 Å². The van der Waals surface area contributed by atoms with E-state index in [1.807, 2.05) is 11.7 Å². The SMILES string of the molecule is CN(C)Cc1cc(C2CCN(C(=O)C3CCCNC3)CC2)nn1C.Cl. The molecular formula is C18H32ClN5O. The smallest absolute Gasteiger partial charge is 0.226 e. The van der Waals surface area contributed by atoms with E-state index in [1.54, 1.807) is 0 Å². The standard InChI is InChI=1S/C18H31N5O.ClH/c1-21(2)13-16-11-17(20-22(16)3)14-6-9-23(10-7-14)18(24)15-5-4-8-19-12-15;/h11,14-15,19H,4-10,12-13H2,1-3H3;1H. The molecule has 1 aromatic heterocycles. The van der Waals surface area contributed by atoms with Gasteiger partial charge in [0.25, 0.3) is 0 Å². The number of amides is 1. The van der Waals surface area contributed by atoms with E-state index >= 15 is 0 Å². The van der Waals surface area contributed by atoms with Crippen LogP contribution in [0.2, 0.25) is 0 Å². The highest BCUT2D eigenvalue weighted by Gasteiger charge is 2.30. The van der Waals surface area contributed by atoms with Gasteiger partial charge < -0.3 is 15.1 Å². The van der Waals surface area contributed by atoms with Crippen molar-refractivity contribution < 1.29 is 4.79 Å². The van der Waals surface area contributed by atoms with Crippen LogP contribution in [0.1, 0.15) is 43.0 Å². The Kier molecular flexibility index (Phi) is 7.28. The summed E-state index contributed by atoms with van der Waals surface area (Å²) in [4.78, 5) is 16.9. The van der Waals surface area contributed by atoms with E-state index in [2.05, 4.69) is 35.3 Å². The summed E-state index contributed by atoms with van der Waals surface area (Å²) in [5.41, 5.74) is 2.45. The van der Waals surface area contributed by atoms with Crippen LogP contribution in [0, 0.1) is 5.92 Å². The number of carbonyl (C=O) groups excluding carboxylic acids is 1. The van der Waals surface area contributed by atoms with Gasteiger partial charge in [0.1, 0.15) is 0 Å². The lowest BCUT2D eigenvalue weighted by Crippen LogP contribution is -2.45. The molecule has 0 spiro atoms. The van der Waals surface area contributed by atoms with Gasteiger partial charge in [-0.1, -0.05) is 0 Å². The zero-order valence-corrected chi connectivity index (χ0v) is 16.5. The minimum absolute atomic E-state index is 0. The molecule has 2 aliphatic rings. The average molecular weight is 370 g/mol. The van der Waals surface area contributed by atoms with E-state index in [9.17, 15) is 4.79 Å². The average Bonchev–Trinajstić information content (AvgIpc) is 2.95. The molecule has 1 unspecified atom stereocenters. The predicted octanol–water partition coefficient (Wildman–Crippen LogP) is 1.61. The third-order valence-corrected chi connectivity index (χ3v) is 5.34. The molecular weight excluding hydrogens is 338 g/mol. The Morgan fingerprint density at radius 2 is 2.04 bits per heavy atom. The van der Waals surface area contributed by atoms with Gasteiger partial charge in [0.15, 0.2) is 0 Å². The largest absolute Gasteiger partial charge is 0.342 e. The third-order valence-electron chi connectivity index (χ3n) is 5.34. The minimum atomic E-state index is 0. The fourth-order valence-electron chi connectivity index (χ4n) is 3.92. The molecule has 2 aliphatic heterocycles. The van der Waals surface area contributed by atoms with Crippen molar-refractivity contribution in [3.63, 3.8) is 0 Å². The number of likely N-dealkylation sites (tertiary alicyclic amines) is 1. The molecule has 2 fully saturated rings. The molecule has 1 atom stereocenters. The lowest BCUT2D eigenvalue weighted by molar-refractivity contribution is -0.137. The molecule has 3 heterocycles. The second-order valence-corrected chi connectivity index (χ2v) is 7.56. The van der Waals surface area contributed by atoms with Crippen LogP contribution in [0.3, 0.4) is 0 Å². The summed E-state index contributed by atoms with van der Waals surface area (Å²) in [5.74, 6) is 1.03. The van der Waals surface area contributed by atoms with Crippen molar-refractivity contribution >= 4 is 18.3 Å². The van der Waals surface area contributed by atoms with Gasteiger partial charge in [-0.15, -0.1) is 12.4 Å². The molecule has 7 heteroatoms. The van der Waals surface area contributed by atoms with Gasteiger partial charge in [-0.25, -0.2) is 0 Å². The van der Waals surface area contributed by atoms with E-state index in [4.69, 9.17) is 5.10 Å². The fourth-order valence-corrected chi connectivity index (χ4v) is 3.92. The number of nitrogens with one attached hydrogen (secondary N) is 1. The van der Waals surface area contributed by atoms with Crippen molar-refractivity contribution in [2.45, 2.75) is 38.1 Å². The Hall–Kier alpha value is -1.11. The molecule has 6 nitrogen and oxygen atoms in total. The molecule has 1 N–H and O–H groups in total. The second-order valence-electron chi connectivity index (χ2n) is 7.56. The summed E-state index contributed by atoms with van der Waals surface area (Å²) < 4.78 is 2.00. The third kappa shape index (κ3) is 4.96. The summed E-state index contributed by atoms with van der Waals surface area (Å²) in [6, 6.07) is 2.24. The molecule has 0 radical (unpaired) electrons. The van der Waals surface area contributed by atoms with Gasteiger partial charge in [0.2, 0.25) is 5.91 Å². The Labute approximate surface area is 157 Å². The summed E-state index contributed by atoms with van der Waals surface area (Å²) in [5, 5.41) is 8.07.